The Balaban J connectivity index is 1.68. The summed E-state index contributed by atoms with van der Waals surface area (Å²) in [5, 5.41) is 12.5. The van der Waals surface area contributed by atoms with Gasteiger partial charge in [0.2, 0.25) is 0 Å². The minimum absolute atomic E-state index is 1.17. The second-order valence-corrected chi connectivity index (χ2v) is 9.46. The van der Waals surface area contributed by atoms with Crippen LogP contribution in [0.2, 0.25) is 0 Å². The Hall–Kier alpha value is -4.82. The molecule has 0 radical (unpaired) electrons. The lowest BCUT2D eigenvalue weighted by atomic mass is 10.0. The van der Waals surface area contributed by atoms with Crippen LogP contribution >= 0.6 is 0 Å². The molecule has 0 bridgehead atoms. The van der Waals surface area contributed by atoms with Crippen molar-refractivity contribution in [2.45, 2.75) is 0 Å². The van der Waals surface area contributed by atoms with Crippen LogP contribution in [0, 0.1) is 41.9 Å². The summed E-state index contributed by atoms with van der Waals surface area (Å²) in [6, 6.07) is 44.1. The van der Waals surface area contributed by atoms with Gasteiger partial charge < -0.3 is 9.55 Å². The second-order valence-electron chi connectivity index (χ2n) is 9.46. The third kappa shape index (κ3) is 2.61. The summed E-state index contributed by atoms with van der Waals surface area (Å²) in [6.45, 7) is 0. The first kappa shape index (κ1) is 19.5. The van der Waals surface area contributed by atoms with Crippen molar-refractivity contribution >= 4 is 21.8 Å². The van der Waals surface area contributed by atoms with Crippen molar-refractivity contribution in [3.8, 4) is 5.69 Å². The zero-order chi connectivity index (χ0) is 23.6. The van der Waals surface area contributed by atoms with Crippen LogP contribution in [0.25, 0.3) is 27.5 Å². The molecule has 5 aromatic carbocycles. The van der Waals surface area contributed by atoms with E-state index in [9.17, 15) is 0 Å². The maximum Gasteiger partial charge on any atom is 0.0541 e. The van der Waals surface area contributed by atoms with Crippen LogP contribution in [0.4, 0.5) is 0 Å². The normalized spacial score (nSPS) is 15.9. The molecule has 168 valence electrons. The van der Waals surface area contributed by atoms with Crippen molar-refractivity contribution in [3.05, 3.63) is 169 Å². The average molecular weight is 459 g/mol. The molecule has 0 saturated carbocycles. The maximum atomic E-state index is 3.54. The number of fused-ring (bicyclic) bond motifs is 7. The van der Waals surface area contributed by atoms with Crippen LogP contribution < -0.4 is 0 Å². The van der Waals surface area contributed by atoms with E-state index in [0.717, 1.165) is 0 Å². The number of aromatic amines is 1. The molecule has 0 aliphatic heterocycles. The minimum atomic E-state index is 1.17. The molecule has 8 rings (SSSR count). The third-order valence-corrected chi connectivity index (χ3v) is 7.58. The zero-order valence-corrected chi connectivity index (χ0v) is 19.6. The molecule has 2 heteroatoms. The molecule has 0 spiro atoms. The molecular weight excluding hydrogens is 436 g/mol. The fourth-order valence-electron chi connectivity index (χ4n) is 6.04. The van der Waals surface area contributed by atoms with E-state index in [1.807, 2.05) is 0 Å². The van der Waals surface area contributed by atoms with Gasteiger partial charge in [-0.1, -0.05) is 91.0 Å². The molecular formula is C34H22N2. The van der Waals surface area contributed by atoms with Crippen LogP contribution in [0.3, 0.4) is 0 Å². The van der Waals surface area contributed by atoms with Crippen molar-refractivity contribution < 1.29 is 0 Å². The van der Waals surface area contributed by atoms with E-state index >= 15 is 0 Å². The predicted octanol–water partition coefficient (Wildman–Crippen LogP) is 7.57. The van der Waals surface area contributed by atoms with Gasteiger partial charge in [0, 0.05) is 33.1 Å². The highest BCUT2D eigenvalue weighted by Crippen LogP contribution is 2.32. The van der Waals surface area contributed by atoms with Gasteiger partial charge >= 0.3 is 0 Å². The third-order valence-electron chi connectivity index (χ3n) is 7.58. The number of nitrogens with zero attached hydrogens (tertiary/aromatic N) is 1. The van der Waals surface area contributed by atoms with E-state index in [2.05, 4.69) is 137 Å². The lowest BCUT2D eigenvalue weighted by Gasteiger charge is -2.09. The smallest absolute Gasteiger partial charge is 0.0541 e. The predicted molar refractivity (Wildman–Crippen MR) is 145 cm³/mol. The highest BCUT2D eigenvalue weighted by Gasteiger charge is 2.12. The molecule has 0 fully saturated rings. The molecule has 2 aromatic heterocycles. The van der Waals surface area contributed by atoms with Gasteiger partial charge in [-0.05, 0) is 56.4 Å². The minimum Gasteiger partial charge on any atom is -0.361 e. The van der Waals surface area contributed by atoms with E-state index < -0.39 is 0 Å². The second kappa shape index (κ2) is 7.34. The fourth-order valence-corrected chi connectivity index (χ4v) is 6.04. The fraction of sp³-hybridized carbons (Fsp3) is 0. The molecule has 0 saturated heterocycles. The lowest BCUT2D eigenvalue weighted by molar-refractivity contribution is 1.16. The van der Waals surface area contributed by atoms with E-state index in [1.165, 1.54) is 69.4 Å². The number of para-hydroxylation sites is 2. The summed E-state index contributed by atoms with van der Waals surface area (Å²) in [4.78, 5) is 3.54. The maximum absolute atomic E-state index is 3.54. The Kier molecular flexibility index (Phi) is 3.97. The molecule has 7 aromatic rings. The van der Waals surface area contributed by atoms with Crippen molar-refractivity contribution in [1.82, 2.24) is 9.55 Å². The molecule has 1 aliphatic carbocycles. The largest absolute Gasteiger partial charge is 0.361 e. The average Bonchev–Trinajstić information content (AvgIpc) is 3.55. The first-order chi connectivity index (χ1) is 17.9. The Morgan fingerprint density at radius 2 is 0.944 bits per heavy atom. The summed E-state index contributed by atoms with van der Waals surface area (Å²) in [6.07, 6.45) is 2.06. The molecule has 0 amide bonds. The first-order valence-corrected chi connectivity index (χ1v) is 12.4. The SMILES string of the molecule is c1ccc2/c(c1)=c1/cc(-n3c4ccccc4c4ccccc43)cc/c1=c1\cc[nH]\c1=c1/cccc/c1=2. The van der Waals surface area contributed by atoms with Crippen LogP contribution in [-0.2, 0) is 0 Å². The number of hydrogen-bond acceptors (Lipinski definition) is 0. The van der Waals surface area contributed by atoms with Crippen molar-refractivity contribution in [2.75, 3.05) is 0 Å². The summed E-state index contributed by atoms with van der Waals surface area (Å²) >= 11 is 0. The number of benzene rings is 5. The summed E-state index contributed by atoms with van der Waals surface area (Å²) < 4.78 is 2.40. The van der Waals surface area contributed by atoms with E-state index in [4.69, 9.17) is 0 Å². The van der Waals surface area contributed by atoms with Crippen molar-refractivity contribution in [2.24, 2.45) is 0 Å². The molecule has 0 unspecified atom stereocenters. The topological polar surface area (TPSA) is 20.7 Å². The van der Waals surface area contributed by atoms with Gasteiger partial charge in [0.05, 0.1) is 16.4 Å². The standard InChI is InChI=1S/C34H22N2/c1-2-11-25-23(9-1)24-10-3-4-14-29(24)34-30(19-20-35-34)26-18-17-22(21-31(25)26)36-32-15-7-5-12-27(32)28-13-6-8-16-33(28)36/h1-21,35H/b24-23-,30-26-,31-25-,34-29+. The molecule has 1 aliphatic rings. The summed E-state index contributed by atoms with van der Waals surface area (Å²) in [7, 11) is 0. The number of hydrogen-bond donors (Lipinski definition) is 1. The number of rotatable bonds is 1. The first-order valence-electron chi connectivity index (χ1n) is 12.4. The van der Waals surface area contributed by atoms with Crippen LogP contribution in [-0.4, -0.2) is 9.55 Å². The van der Waals surface area contributed by atoms with Crippen molar-refractivity contribution in [1.29, 1.82) is 0 Å². The zero-order valence-electron chi connectivity index (χ0n) is 19.6. The quantitative estimate of drug-likeness (QED) is 0.262. The van der Waals surface area contributed by atoms with Gasteiger partial charge in [-0.2, -0.15) is 0 Å². The summed E-state index contributed by atoms with van der Waals surface area (Å²) in [5.41, 5.74) is 3.63. The van der Waals surface area contributed by atoms with Gasteiger partial charge in [-0.3, -0.25) is 0 Å². The van der Waals surface area contributed by atoms with Crippen molar-refractivity contribution in [3.63, 3.8) is 0 Å². The van der Waals surface area contributed by atoms with Crippen LogP contribution in [0.5, 0.6) is 0 Å². The van der Waals surface area contributed by atoms with Gasteiger partial charge in [-0.25, -0.2) is 0 Å². The molecule has 2 nitrogen and oxygen atoms in total. The van der Waals surface area contributed by atoms with Gasteiger partial charge in [0.25, 0.3) is 0 Å². The molecule has 2 heterocycles. The van der Waals surface area contributed by atoms with Crippen LogP contribution in [0.1, 0.15) is 0 Å². The van der Waals surface area contributed by atoms with Gasteiger partial charge in [0.15, 0.2) is 0 Å². The highest BCUT2D eigenvalue weighted by atomic mass is 15.0. The van der Waals surface area contributed by atoms with Crippen LogP contribution in [0.15, 0.2) is 128 Å². The lowest BCUT2D eigenvalue weighted by Crippen LogP contribution is -1.95. The molecule has 36 heavy (non-hydrogen) atoms. The number of nitrogens with one attached hydrogen (secondary N) is 1. The van der Waals surface area contributed by atoms with E-state index in [0.29, 0.717) is 0 Å². The molecule has 1 N–H and O–H groups in total. The number of aromatic nitrogens is 2. The Morgan fingerprint density at radius 1 is 0.417 bits per heavy atom. The summed E-state index contributed by atoms with van der Waals surface area (Å²) in [5.74, 6) is 0. The van der Waals surface area contributed by atoms with E-state index in [1.54, 1.807) is 0 Å². The monoisotopic (exact) mass is 458 g/mol. The highest BCUT2D eigenvalue weighted by molar-refractivity contribution is 6.09. The Morgan fingerprint density at radius 3 is 1.64 bits per heavy atom. The molecule has 0 atom stereocenters. The van der Waals surface area contributed by atoms with Gasteiger partial charge in [0.1, 0.15) is 0 Å². The Bertz CT molecular complexity index is 2320. The Labute approximate surface area is 206 Å². The number of H-pyrrole nitrogens is 1. The van der Waals surface area contributed by atoms with E-state index in [-0.39, 0.29) is 0 Å². The van der Waals surface area contributed by atoms with Gasteiger partial charge in [-0.15, -0.1) is 0 Å².